The maximum absolute atomic E-state index is 13.6. The molecular weight excluding hydrogens is 321 g/mol. The molecule has 1 saturated heterocycles. The predicted molar refractivity (Wildman–Crippen MR) is 86.7 cm³/mol. The molecule has 130 valence electrons. The number of benzene rings is 1. The second-order valence-corrected chi connectivity index (χ2v) is 7.46. The molecule has 6 nitrogen and oxygen atoms in total. The highest BCUT2D eigenvalue weighted by Gasteiger charge is 2.17. The Morgan fingerprint density at radius 3 is 2.57 bits per heavy atom. The first-order valence-corrected chi connectivity index (χ1v) is 9.15. The highest BCUT2D eigenvalue weighted by molar-refractivity contribution is 7.89. The van der Waals surface area contributed by atoms with Crippen LogP contribution < -0.4 is 9.46 Å². The molecule has 8 heteroatoms. The average Bonchev–Trinajstić information content (AvgIpc) is 2.53. The van der Waals surface area contributed by atoms with Crippen molar-refractivity contribution in [2.75, 3.05) is 53.4 Å². The van der Waals surface area contributed by atoms with Gasteiger partial charge in [0.15, 0.2) is 11.6 Å². The zero-order valence-electron chi connectivity index (χ0n) is 13.6. The first-order chi connectivity index (χ1) is 10.9. The second-order valence-electron chi connectivity index (χ2n) is 5.69. The van der Waals surface area contributed by atoms with Crippen molar-refractivity contribution in [3.8, 4) is 5.75 Å². The van der Waals surface area contributed by atoms with Crippen LogP contribution in [0, 0.1) is 5.82 Å². The molecule has 23 heavy (non-hydrogen) atoms. The van der Waals surface area contributed by atoms with Gasteiger partial charge in [0.2, 0.25) is 10.0 Å². The number of rotatable bonds is 7. The molecule has 0 spiro atoms. The summed E-state index contributed by atoms with van der Waals surface area (Å²) >= 11 is 0. The summed E-state index contributed by atoms with van der Waals surface area (Å²) in [5.74, 6) is -0.660. The molecule has 0 radical (unpaired) electrons. The predicted octanol–water partition coefficient (Wildman–Crippen LogP) is 0.750. The molecule has 1 heterocycles. The van der Waals surface area contributed by atoms with Gasteiger partial charge in [0.05, 0.1) is 12.0 Å². The molecular formula is C15H24FN3O3S. The van der Waals surface area contributed by atoms with Gasteiger partial charge < -0.3 is 14.5 Å². The minimum atomic E-state index is -3.69. The van der Waals surface area contributed by atoms with Crippen molar-refractivity contribution in [1.29, 1.82) is 0 Å². The molecule has 1 aromatic rings. The van der Waals surface area contributed by atoms with Crippen LogP contribution >= 0.6 is 0 Å². The molecule has 1 aromatic carbocycles. The number of ether oxygens (including phenoxy) is 1. The first kappa shape index (κ1) is 18.1. The third-order valence-electron chi connectivity index (χ3n) is 3.97. The highest BCUT2D eigenvalue weighted by atomic mass is 32.2. The molecule has 0 aromatic heterocycles. The highest BCUT2D eigenvalue weighted by Crippen LogP contribution is 2.20. The van der Waals surface area contributed by atoms with Crippen molar-refractivity contribution in [3.05, 3.63) is 24.0 Å². The van der Waals surface area contributed by atoms with Crippen LogP contribution in [0.2, 0.25) is 0 Å². The van der Waals surface area contributed by atoms with Gasteiger partial charge in [0.1, 0.15) is 0 Å². The molecule has 0 atom stereocenters. The number of methoxy groups -OCH3 is 1. The zero-order chi connectivity index (χ0) is 16.9. The van der Waals surface area contributed by atoms with Crippen LogP contribution in [0.15, 0.2) is 23.1 Å². The Bertz CT molecular complexity index is 616. The molecule has 0 amide bonds. The summed E-state index contributed by atoms with van der Waals surface area (Å²) in [7, 11) is -0.259. The summed E-state index contributed by atoms with van der Waals surface area (Å²) in [4.78, 5) is 4.51. The van der Waals surface area contributed by atoms with Gasteiger partial charge in [-0.05, 0) is 38.2 Å². The van der Waals surface area contributed by atoms with Crippen molar-refractivity contribution in [2.45, 2.75) is 11.3 Å². The van der Waals surface area contributed by atoms with E-state index in [0.29, 0.717) is 6.54 Å². The van der Waals surface area contributed by atoms with Crippen LogP contribution in [0.1, 0.15) is 6.42 Å². The Hall–Kier alpha value is -1.22. The van der Waals surface area contributed by atoms with Crippen molar-refractivity contribution in [2.24, 2.45) is 0 Å². The summed E-state index contributed by atoms with van der Waals surface area (Å²) in [5.41, 5.74) is 0. The Kier molecular flexibility index (Phi) is 6.34. The van der Waals surface area contributed by atoms with E-state index in [-0.39, 0.29) is 10.6 Å². The molecule has 0 aliphatic carbocycles. The van der Waals surface area contributed by atoms with E-state index in [1.54, 1.807) is 0 Å². The first-order valence-electron chi connectivity index (χ1n) is 7.66. The van der Waals surface area contributed by atoms with E-state index >= 15 is 0 Å². The smallest absolute Gasteiger partial charge is 0.240 e. The molecule has 0 bridgehead atoms. The second kappa shape index (κ2) is 8.05. The lowest BCUT2D eigenvalue weighted by atomic mass is 10.3. The van der Waals surface area contributed by atoms with Crippen LogP contribution in [0.4, 0.5) is 4.39 Å². The monoisotopic (exact) mass is 345 g/mol. The number of likely N-dealkylation sites (N-methyl/N-ethyl adjacent to an activating group) is 1. The van der Waals surface area contributed by atoms with Crippen molar-refractivity contribution in [1.82, 2.24) is 14.5 Å². The lowest BCUT2D eigenvalue weighted by Crippen LogP contribution is -2.45. The Labute approximate surface area is 137 Å². The number of nitrogens with one attached hydrogen (secondary N) is 1. The summed E-state index contributed by atoms with van der Waals surface area (Å²) in [6.45, 7) is 5.28. The van der Waals surface area contributed by atoms with E-state index < -0.39 is 15.8 Å². The van der Waals surface area contributed by atoms with Gasteiger partial charge in [-0.2, -0.15) is 0 Å². The number of halogens is 1. The number of hydrogen-bond acceptors (Lipinski definition) is 5. The van der Waals surface area contributed by atoms with Crippen LogP contribution in [0.3, 0.4) is 0 Å². The fourth-order valence-corrected chi connectivity index (χ4v) is 3.56. The van der Waals surface area contributed by atoms with E-state index in [0.717, 1.165) is 45.2 Å². The maximum Gasteiger partial charge on any atom is 0.240 e. The number of hydrogen-bond donors (Lipinski definition) is 1. The average molecular weight is 345 g/mol. The standard InChI is InChI=1S/C15H24FN3O3S/c1-18-8-10-19(11-9-18)7-3-6-17-23(20,21)13-4-5-15(22-2)14(16)12-13/h4-5,12,17H,3,6-11H2,1-2H3. The lowest BCUT2D eigenvalue weighted by molar-refractivity contribution is 0.153. The van der Waals surface area contributed by atoms with E-state index in [1.807, 2.05) is 0 Å². The Balaban J connectivity index is 1.81. The normalized spacial score (nSPS) is 17.3. The minimum Gasteiger partial charge on any atom is -0.494 e. The van der Waals surface area contributed by atoms with Gasteiger partial charge in [0, 0.05) is 32.7 Å². The fourth-order valence-electron chi connectivity index (χ4n) is 2.48. The molecule has 1 N–H and O–H groups in total. The zero-order valence-corrected chi connectivity index (χ0v) is 14.4. The van der Waals surface area contributed by atoms with Gasteiger partial charge in [-0.25, -0.2) is 17.5 Å². The van der Waals surface area contributed by atoms with E-state index in [2.05, 4.69) is 21.6 Å². The third-order valence-corrected chi connectivity index (χ3v) is 5.43. The van der Waals surface area contributed by atoms with Crippen LogP contribution in [0.25, 0.3) is 0 Å². The third kappa shape index (κ3) is 5.13. The van der Waals surface area contributed by atoms with Gasteiger partial charge in [-0.3, -0.25) is 0 Å². The largest absolute Gasteiger partial charge is 0.494 e. The van der Waals surface area contributed by atoms with Gasteiger partial charge in [-0.1, -0.05) is 0 Å². The van der Waals surface area contributed by atoms with Crippen LogP contribution in [-0.2, 0) is 10.0 Å². The SMILES string of the molecule is COc1ccc(S(=O)(=O)NCCCN2CCN(C)CC2)cc1F. The van der Waals surface area contributed by atoms with Crippen LogP contribution in [0.5, 0.6) is 5.75 Å². The van der Waals surface area contributed by atoms with Gasteiger partial charge in [-0.15, -0.1) is 0 Å². The molecule has 1 aliphatic heterocycles. The van der Waals surface area contributed by atoms with Gasteiger partial charge in [0.25, 0.3) is 0 Å². The maximum atomic E-state index is 13.6. The summed E-state index contributed by atoms with van der Waals surface area (Å²) < 4.78 is 45.2. The number of nitrogens with zero attached hydrogens (tertiary/aromatic N) is 2. The number of sulfonamides is 1. The summed E-state index contributed by atoms with van der Waals surface area (Å²) in [6, 6.07) is 3.63. The topological polar surface area (TPSA) is 61.9 Å². The Morgan fingerprint density at radius 1 is 1.26 bits per heavy atom. The van der Waals surface area contributed by atoms with Crippen LogP contribution in [-0.4, -0.2) is 71.6 Å². The molecule has 1 aliphatic rings. The fraction of sp³-hybridized carbons (Fsp3) is 0.600. The molecule has 2 rings (SSSR count). The van der Waals surface area contributed by atoms with Gasteiger partial charge >= 0.3 is 0 Å². The number of piperazine rings is 1. The minimum absolute atomic E-state index is 0.0269. The molecule has 1 fully saturated rings. The Morgan fingerprint density at radius 2 is 1.96 bits per heavy atom. The summed E-state index contributed by atoms with van der Waals surface area (Å²) in [5, 5.41) is 0. The lowest BCUT2D eigenvalue weighted by Gasteiger charge is -2.32. The summed E-state index contributed by atoms with van der Waals surface area (Å²) in [6.07, 6.45) is 0.724. The van der Waals surface area contributed by atoms with Crippen molar-refractivity contribution < 1.29 is 17.5 Å². The molecule has 0 saturated carbocycles. The van der Waals surface area contributed by atoms with E-state index in [9.17, 15) is 12.8 Å². The quantitative estimate of drug-likeness (QED) is 0.739. The van der Waals surface area contributed by atoms with Crippen molar-refractivity contribution >= 4 is 10.0 Å². The van der Waals surface area contributed by atoms with E-state index in [4.69, 9.17) is 4.74 Å². The van der Waals surface area contributed by atoms with Crippen molar-refractivity contribution in [3.63, 3.8) is 0 Å². The van der Waals surface area contributed by atoms with E-state index in [1.165, 1.54) is 19.2 Å². The molecule has 0 unspecified atom stereocenters.